The van der Waals surface area contributed by atoms with Crippen molar-refractivity contribution in [1.82, 2.24) is 5.32 Å². The SMILES string of the molecule is C[C@@H](CN)NC(=O)CCOc1cccc(Br)c1. The summed E-state index contributed by atoms with van der Waals surface area (Å²) >= 11 is 3.35. The van der Waals surface area contributed by atoms with Crippen LogP contribution in [0.1, 0.15) is 13.3 Å². The van der Waals surface area contributed by atoms with Crippen LogP contribution in [0.3, 0.4) is 0 Å². The summed E-state index contributed by atoms with van der Waals surface area (Å²) < 4.78 is 6.41. The van der Waals surface area contributed by atoms with E-state index in [2.05, 4.69) is 21.2 Å². The van der Waals surface area contributed by atoms with Gasteiger partial charge in [0, 0.05) is 17.1 Å². The van der Waals surface area contributed by atoms with Gasteiger partial charge >= 0.3 is 0 Å². The molecule has 0 aliphatic carbocycles. The van der Waals surface area contributed by atoms with E-state index in [0.717, 1.165) is 10.2 Å². The number of halogens is 1. The number of benzene rings is 1. The Morgan fingerprint density at radius 2 is 2.35 bits per heavy atom. The van der Waals surface area contributed by atoms with Crippen molar-refractivity contribution in [2.75, 3.05) is 13.2 Å². The summed E-state index contributed by atoms with van der Waals surface area (Å²) in [5.74, 6) is 0.706. The van der Waals surface area contributed by atoms with Gasteiger partial charge in [-0.15, -0.1) is 0 Å². The van der Waals surface area contributed by atoms with Crippen molar-refractivity contribution in [3.63, 3.8) is 0 Å². The third-order valence-electron chi connectivity index (χ3n) is 2.15. The molecule has 0 saturated carbocycles. The monoisotopic (exact) mass is 300 g/mol. The van der Waals surface area contributed by atoms with Crippen LogP contribution in [0.25, 0.3) is 0 Å². The van der Waals surface area contributed by atoms with Gasteiger partial charge < -0.3 is 15.8 Å². The van der Waals surface area contributed by atoms with E-state index < -0.39 is 0 Å². The predicted molar refractivity (Wildman–Crippen MR) is 70.9 cm³/mol. The molecule has 0 aliphatic heterocycles. The number of nitrogens with two attached hydrogens (primary N) is 1. The summed E-state index contributed by atoms with van der Waals surface area (Å²) in [4.78, 5) is 11.4. The number of hydrogen-bond acceptors (Lipinski definition) is 3. The maximum atomic E-state index is 11.4. The molecular weight excluding hydrogens is 284 g/mol. The lowest BCUT2D eigenvalue weighted by atomic mass is 10.3. The Morgan fingerprint density at radius 3 is 3.00 bits per heavy atom. The third kappa shape index (κ3) is 5.70. The van der Waals surface area contributed by atoms with Gasteiger partial charge in [0.25, 0.3) is 0 Å². The molecule has 0 aromatic heterocycles. The molecule has 0 unspecified atom stereocenters. The quantitative estimate of drug-likeness (QED) is 0.840. The lowest BCUT2D eigenvalue weighted by molar-refractivity contribution is -0.122. The first-order valence-electron chi connectivity index (χ1n) is 5.49. The van der Waals surface area contributed by atoms with Gasteiger partial charge in [-0.05, 0) is 25.1 Å². The Hall–Kier alpha value is -1.07. The summed E-state index contributed by atoms with van der Waals surface area (Å²) in [6.07, 6.45) is 0.330. The minimum absolute atomic E-state index is 0.00775. The van der Waals surface area contributed by atoms with Crippen molar-refractivity contribution in [1.29, 1.82) is 0 Å². The zero-order chi connectivity index (χ0) is 12.7. The molecule has 94 valence electrons. The molecule has 0 saturated heterocycles. The van der Waals surface area contributed by atoms with E-state index in [1.54, 1.807) is 0 Å². The van der Waals surface area contributed by atoms with Crippen molar-refractivity contribution in [3.8, 4) is 5.75 Å². The largest absolute Gasteiger partial charge is 0.493 e. The van der Waals surface area contributed by atoms with Gasteiger partial charge in [0.05, 0.1) is 13.0 Å². The van der Waals surface area contributed by atoms with Gasteiger partial charge in [0.15, 0.2) is 0 Å². The standard InChI is InChI=1S/C12H17BrN2O2/c1-9(8-14)15-12(16)5-6-17-11-4-2-3-10(13)7-11/h2-4,7,9H,5-6,8,14H2,1H3,(H,15,16)/t9-/m0/s1. The first-order valence-corrected chi connectivity index (χ1v) is 6.29. The smallest absolute Gasteiger partial charge is 0.223 e. The van der Waals surface area contributed by atoms with Crippen molar-refractivity contribution in [2.24, 2.45) is 5.73 Å². The lowest BCUT2D eigenvalue weighted by Crippen LogP contribution is -2.38. The fourth-order valence-corrected chi connectivity index (χ4v) is 1.60. The number of nitrogens with one attached hydrogen (secondary N) is 1. The molecular formula is C12H17BrN2O2. The van der Waals surface area contributed by atoms with Crippen LogP contribution in [0.5, 0.6) is 5.75 Å². The normalized spacial score (nSPS) is 11.9. The van der Waals surface area contributed by atoms with E-state index >= 15 is 0 Å². The second-order valence-corrected chi connectivity index (χ2v) is 4.68. The maximum Gasteiger partial charge on any atom is 0.223 e. The number of ether oxygens (including phenoxy) is 1. The number of amides is 1. The molecule has 0 aliphatic rings. The van der Waals surface area contributed by atoms with Crippen LogP contribution in [0.4, 0.5) is 0 Å². The predicted octanol–water partition coefficient (Wildman–Crippen LogP) is 1.68. The lowest BCUT2D eigenvalue weighted by Gasteiger charge is -2.11. The molecule has 0 heterocycles. The number of carbonyl (C=O) groups excluding carboxylic acids is 1. The zero-order valence-electron chi connectivity index (χ0n) is 9.78. The van der Waals surface area contributed by atoms with Crippen LogP contribution >= 0.6 is 15.9 Å². The van der Waals surface area contributed by atoms with Gasteiger partial charge in [-0.3, -0.25) is 4.79 Å². The van der Waals surface area contributed by atoms with Gasteiger partial charge in [-0.2, -0.15) is 0 Å². The molecule has 0 spiro atoms. The zero-order valence-corrected chi connectivity index (χ0v) is 11.4. The van der Waals surface area contributed by atoms with E-state index in [1.807, 2.05) is 31.2 Å². The number of rotatable bonds is 6. The molecule has 0 bridgehead atoms. The van der Waals surface area contributed by atoms with Crippen LogP contribution in [0, 0.1) is 0 Å². The second-order valence-electron chi connectivity index (χ2n) is 3.76. The third-order valence-corrected chi connectivity index (χ3v) is 2.65. The summed E-state index contributed by atoms with van der Waals surface area (Å²) in [6.45, 7) is 2.67. The maximum absolute atomic E-state index is 11.4. The Bertz CT molecular complexity index is 371. The van der Waals surface area contributed by atoms with E-state index in [-0.39, 0.29) is 11.9 Å². The van der Waals surface area contributed by atoms with Crippen molar-refractivity contribution < 1.29 is 9.53 Å². The first-order chi connectivity index (χ1) is 8.11. The molecule has 0 fully saturated rings. The van der Waals surface area contributed by atoms with E-state index in [9.17, 15) is 4.79 Å². The fraction of sp³-hybridized carbons (Fsp3) is 0.417. The highest BCUT2D eigenvalue weighted by Gasteiger charge is 2.05. The van der Waals surface area contributed by atoms with Crippen molar-refractivity contribution >= 4 is 21.8 Å². The summed E-state index contributed by atoms with van der Waals surface area (Å²) in [5, 5.41) is 2.77. The van der Waals surface area contributed by atoms with Crippen LogP contribution in [0.15, 0.2) is 28.7 Å². The molecule has 17 heavy (non-hydrogen) atoms. The summed E-state index contributed by atoms with van der Waals surface area (Å²) in [5.41, 5.74) is 5.41. The van der Waals surface area contributed by atoms with Crippen molar-refractivity contribution in [2.45, 2.75) is 19.4 Å². The molecule has 1 rings (SSSR count). The number of carbonyl (C=O) groups is 1. The van der Waals surface area contributed by atoms with Crippen LogP contribution < -0.4 is 15.8 Å². The topological polar surface area (TPSA) is 64.3 Å². The second kappa shape index (κ2) is 7.29. The fourth-order valence-electron chi connectivity index (χ4n) is 1.22. The molecule has 1 atom stereocenters. The van der Waals surface area contributed by atoms with E-state index in [4.69, 9.17) is 10.5 Å². The average Bonchev–Trinajstić information content (AvgIpc) is 2.29. The van der Waals surface area contributed by atoms with E-state index in [0.29, 0.717) is 19.6 Å². The Labute approximate surface area is 110 Å². The number of hydrogen-bond donors (Lipinski definition) is 2. The molecule has 0 radical (unpaired) electrons. The first kappa shape index (κ1) is 14.0. The highest BCUT2D eigenvalue weighted by atomic mass is 79.9. The van der Waals surface area contributed by atoms with Crippen LogP contribution in [-0.2, 0) is 4.79 Å². The molecule has 3 N–H and O–H groups in total. The summed E-state index contributed by atoms with van der Waals surface area (Å²) in [6, 6.07) is 7.53. The molecule has 4 nitrogen and oxygen atoms in total. The van der Waals surface area contributed by atoms with Crippen molar-refractivity contribution in [3.05, 3.63) is 28.7 Å². The highest BCUT2D eigenvalue weighted by Crippen LogP contribution is 2.17. The summed E-state index contributed by atoms with van der Waals surface area (Å²) in [7, 11) is 0. The molecule has 1 aromatic rings. The molecule has 5 heteroatoms. The molecule has 1 aromatic carbocycles. The van der Waals surface area contributed by atoms with E-state index in [1.165, 1.54) is 0 Å². The minimum atomic E-state index is -0.0436. The molecule has 1 amide bonds. The van der Waals surface area contributed by atoms with Crippen LogP contribution in [-0.4, -0.2) is 25.1 Å². The highest BCUT2D eigenvalue weighted by molar-refractivity contribution is 9.10. The van der Waals surface area contributed by atoms with Gasteiger partial charge in [0.2, 0.25) is 5.91 Å². The average molecular weight is 301 g/mol. The van der Waals surface area contributed by atoms with Gasteiger partial charge in [-0.1, -0.05) is 22.0 Å². The van der Waals surface area contributed by atoms with Crippen LogP contribution in [0.2, 0.25) is 0 Å². The Balaban J connectivity index is 2.26. The Kier molecular flexibility index (Phi) is 6.00. The minimum Gasteiger partial charge on any atom is -0.493 e. The van der Waals surface area contributed by atoms with Gasteiger partial charge in [0.1, 0.15) is 5.75 Å². The Morgan fingerprint density at radius 1 is 1.59 bits per heavy atom. The van der Waals surface area contributed by atoms with Gasteiger partial charge in [-0.25, -0.2) is 0 Å².